The summed E-state index contributed by atoms with van der Waals surface area (Å²) in [7, 11) is 2.10. The summed E-state index contributed by atoms with van der Waals surface area (Å²) in [5, 5.41) is 3.38. The number of aliphatic imine (C=N–C) groups is 1. The number of fused-ring (bicyclic) bond motifs is 1. The van der Waals surface area contributed by atoms with E-state index >= 15 is 0 Å². The summed E-state index contributed by atoms with van der Waals surface area (Å²) in [6.45, 7) is 6.39. The number of benzene rings is 1. The highest BCUT2D eigenvalue weighted by atomic mass is 16.5. The Labute approximate surface area is 138 Å². The van der Waals surface area contributed by atoms with Gasteiger partial charge in [0, 0.05) is 39.1 Å². The molecule has 2 aliphatic heterocycles. The lowest BCUT2D eigenvalue weighted by atomic mass is 10.1. The zero-order chi connectivity index (χ0) is 16.1. The predicted molar refractivity (Wildman–Crippen MR) is 92.1 cm³/mol. The number of hydrogen-bond donors (Lipinski definition) is 1. The molecular formula is C18H27N3O2. The summed E-state index contributed by atoms with van der Waals surface area (Å²) in [5.41, 5.74) is 1.29. The van der Waals surface area contributed by atoms with E-state index in [9.17, 15) is 0 Å². The average Bonchev–Trinajstić information content (AvgIpc) is 3.19. The molecule has 0 amide bonds. The summed E-state index contributed by atoms with van der Waals surface area (Å²) in [6.07, 6.45) is 2.23. The molecule has 23 heavy (non-hydrogen) atoms. The van der Waals surface area contributed by atoms with E-state index in [4.69, 9.17) is 14.5 Å². The van der Waals surface area contributed by atoms with E-state index < -0.39 is 0 Å². The molecule has 2 heterocycles. The molecule has 2 unspecified atom stereocenters. The molecular weight excluding hydrogens is 290 g/mol. The van der Waals surface area contributed by atoms with Gasteiger partial charge in [0.05, 0.1) is 13.2 Å². The van der Waals surface area contributed by atoms with Gasteiger partial charge in [0.15, 0.2) is 5.96 Å². The normalized spacial score (nSPS) is 23.5. The van der Waals surface area contributed by atoms with Crippen LogP contribution in [-0.2, 0) is 11.2 Å². The Kier molecular flexibility index (Phi) is 5.39. The predicted octanol–water partition coefficient (Wildman–Crippen LogP) is 1.92. The Balaban J connectivity index is 1.56. The molecule has 0 saturated carbocycles. The van der Waals surface area contributed by atoms with Gasteiger partial charge >= 0.3 is 0 Å². The van der Waals surface area contributed by atoms with Gasteiger partial charge in [0.1, 0.15) is 11.9 Å². The Bertz CT molecular complexity index is 516. The Morgan fingerprint density at radius 2 is 2.26 bits per heavy atom. The Morgan fingerprint density at radius 3 is 3.00 bits per heavy atom. The lowest BCUT2D eigenvalue weighted by molar-refractivity contribution is 0.181. The fourth-order valence-corrected chi connectivity index (χ4v) is 3.21. The van der Waals surface area contributed by atoms with Crippen molar-refractivity contribution in [3.63, 3.8) is 0 Å². The van der Waals surface area contributed by atoms with Crippen LogP contribution in [0.5, 0.6) is 5.75 Å². The van der Waals surface area contributed by atoms with Crippen LogP contribution in [0.3, 0.4) is 0 Å². The summed E-state index contributed by atoms with van der Waals surface area (Å²) in [6, 6.07) is 8.26. The number of guanidine groups is 1. The number of rotatable bonds is 5. The van der Waals surface area contributed by atoms with Gasteiger partial charge in [0.2, 0.25) is 0 Å². The van der Waals surface area contributed by atoms with Gasteiger partial charge in [-0.1, -0.05) is 18.2 Å². The van der Waals surface area contributed by atoms with Crippen LogP contribution in [0.25, 0.3) is 0 Å². The van der Waals surface area contributed by atoms with E-state index in [1.807, 2.05) is 12.1 Å². The van der Waals surface area contributed by atoms with E-state index in [-0.39, 0.29) is 6.10 Å². The van der Waals surface area contributed by atoms with Gasteiger partial charge in [-0.15, -0.1) is 0 Å². The fourth-order valence-electron chi connectivity index (χ4n) is 3.21. The standard InChI is InChI=1S/C18H27N3O2/c1-3-19-18(21(2)12-14-8-9-22-13-14)20-11-16-10-15-6-4-5-7-17(15)23-16/h4-7,14,16H,3,8-13H2,1-2H3,(H,19,20). The van der Waals surface area contributed by atoms with Gasteiger partial charge < -0.3 is 19.7 Å². The SMILES string of the molecule is CCNC(=NCC1Cc2ccccc2O1)N(C)CC1CCOC1. The van der Waals surface area contributed by atoms with Crippen molar-refractivity contribution in [2.24, 2.45) is 10.9 Å². The molecule has 5 nitrogen and oxygen atoms in total. The number of ether oxygens (including phenoxy) is 2. The monoisotopic (exact) mass is 317 g/mol. The summed E-state index contributed by atoms with van der Waals surface area (Å²) < 4.78 is 11.4. The second-order valence-corrected chi connectivity index (χ2v) is 6.36. The van der Waals surface area contributed by atoms with E-state index in [0.717, 1.165) is 50.9 Å². The van der Waals surface area contributed by atoms with Gasteiger partial charge in [-0.3, -0.25) is 0 Å². The molecule has 0 aliphatic carbocycles. The molecule has 1 aromatic carbocycles. The summed E-state index contributed by atoms with van der Waals surface area (Å²) in [4.78, 5) is 7.00. The molecule has 0 spiro atoms. The van der Waals surface area contributed by atoms with Crippen molar-refractivity contribution in [2.45, 2.75) is 25.9 Å². The molecule has 1 saturated heterocycles. The van der Waals surface area contributed by atoms with Crippen LogP contribution < -0.4 is 10.1 Å². The highest BCUT2D eigenvalue weighted by molar-refractivity contribution is 5.79. The molecule has 2 aliphatic rings. The number of hydrogen-bond acceptors (Lipinski definition) is 3. The van der Waals surface area contributed by atoms with Crippen molar-refractivity contribution in [1.82, 2.24) is 10.2 Å². The van der Waals surface area contributed by atoms with E-state index in [2.05, 4.69) is 36.3 Å². The topological polar surface area (TPSA) is 46.1 Å². The third-order valence-electron chi connectivity index (χ3n) is 4.41. The molecule has 5 heteroatoms. The maximum Gasteiger partial charge on any atom is 0.193 e. The first-order valence-corrected chi connectivity index (χ1v) is 8.58. The lowest BCUT2D eigenvalue weighted by Crippen LogP contribution is -2.42. The first-order valence-electron chi connectivity index (χ1n) is 8.58. The van der Waals surface area contributed by atoms with Gasteiger partial charge in [-0.2, -0.15) is 0 Å². The number of nitrogens with one attached hydrogen (secondary N) is 1. The van der Waals surface area contributed by atoms with E-state index in [1.54, 1.807) is 0 Å². The molecule has 3 rings (SSSR count). The second kappa shape index (κ2) is 7.68. The van der Waals surface area contributed by atoms with Crippen molar-refractivity contribution >= 4 is 5.96 Å². The summed E-state index contributed by atoms with van der Waals surface area (Å²) in [5.74, 6) is 2.57. The van der Waals surface area contributed by atoms with Crippen LogP contribution >= 0.6 is 0 Å². The zero-order valence-corrected chi connectivity index (χ0v) is 14.1. The van der Waals surface area contributed by atoms with Gasteiger partial charge in [-0.05, 0) is 25.0 Å². The average molecular weight is 317 g/mol. The van der Waals surface area contributed by atoms with Gasteiger partial charge in [0.25, 0.3) is 0 Å². The van der Waals surface area contributed by atoms with Gasteiger partial charge in [-0.25, -0.2) is 4.99 Å². The van der Waals surface area contributed by atoms with Crippen LogP contribution in [0.4, 0.5) is 0 Å². The third-order valence-corrected chi connectivity index (χ3v) is 4.41. The second-order valence-electron chi connectivity index (χ2n) is 6.36. The molecule has 0 aromatic heterocycles. The van der Waals surface area contributed by atoms with Crippen LogP contribution in [0, 0.1) is 5.92 Å². The minimum atomic E-state index is 0.143. The van der Waals surface area contributed by atoms with Crippen LogP contribution in [0.1, 0.15) is 18.9 Å². The zero-order valence-electron chi connectivity index (χ0n) is 14.1. The Morgan fingerprint density at radius 1 is 1.39 bits per heavy atom. The maximum atomic E-state index is 5.98. The van der Waals surface area contributed by atoms with Crippen LogP contribution in [-0.4, -0.2) is 56.9 Å². The largest absolute Gasteiger partial charge is 0.488 e. The van der Waals surface area contributed by atoms with Crippen LogP contribution in [0.15, 0.2) is 29.3 Å². The molecule has 2 atom stereocenters. The third kappa shape index (κ3) is 4.16. The molecule has 1 aromatic rings. The highest BCUT2D eigenvalue weighted by Gasteiger charge is 2.23. The van der Waals surface area contributed by atoms with Crippen molar-refractivity contribution in [1.29, 1.82) is 0 Å². The van der Waals surface area contributed by atoms with Crippen LogP contribution in [0.2, 0.25) is 0 Å². The smallest absolute Gasteiger partial charge is 0.193 e. The first kappa shape index (κ1) is 16.1. The fraction of sp³-hybridized carbons (Fsp3) is 0.611. The number of para-hydroxylation sites is 1. The Hall–Kier alpha value is -1.75. The van der Waals surface area contributed by atoms with E-state index in [0.29, 0.717) is 12.5 Å². The quantitative estimate of drug-likeness (QED) is 0.666. The molecule has 0 bridgehead atoms. The van der Waals surface area contributed by atoms with Crippen molar-refractivity contribution < 1.29 is 9.47 Å². The number of nitrogens with zero attached hydrogens (tertiary/aromatic N) is 2. The molecule has 1 N–H and O–H groups in total. The molecule has 1 fully saturated rings. The van der Waals surface area contributed by atoms with Crippen molar-refractivity contribution in [3.05, 3.63) is 29.8 Å². The molecule has 0 radical (unpaired) electrons. The first-order chi connectivity index (χ1) is 11.3. The minimum absolute atomic E-state index is 0.143. The summed E-state index contributed by atoms with van der Waals surface area (Å²) >= 11 is 0. The highest BCUT2D eigenvalue weighted by Crippen LogP contribution is 2.28. The van der Waals surface area contributed by atoms with E-state index in [1.165, 1.54) is 5.56 Å². The minimum Gasteiger partial charge on any atom is -0.488 e. The molecule has 126 valence electrons. The maximum absolute atomic E-state index is 5.98. The lowest BCUT2D eigenvalue weighted by Gasteiger charge is -2.24. The van der Waals surface area contributed by atoms with Crippen molar-refractivity contribution in [2.75, 3.05) is 39.9 Å². The van der Waals surface area contributed by atoms with Crippen molar-refractivity contribution in [3.8, 4) is 5.75 Å².